The van der Waals surface area contributed by atoms with Crippen LogP contribution in [0.5, 0.6) is 5.75 Å². The second-order valence-electron chi connectivity index (χ2n) is 7.29. The molecule has 1 unspecified atom stereocenters. The summed E-state index contributed by atoms with van der Waals surface area (Å²) in [6.07, 6.45) is 0.557. The van der Waals surface area contributed by atoms with Gasteiger partial charge < -0.3 is 14.6 Å². The number of rotatable bonds is 6. The van der Waals surface area contributed by atoms with Crippen molar-refractivity contribution in [1.29, 1.82) is 0 Å². The van der Waals surface area contributed by atoms with E-state index in [9.17, 15) is 18.3 Å². The summed E-state index contributed by atoms with van der Waals surface area (Å²) in [4.78, 5) is 14.0. The molecule has 1 aromatic carbocycles. The maximum Gasteiger partial charge on any atom is 0.325 e. The lowest BCUT2D eigenvalue weighted by Crippen LogP contribution is -2.49. The molecular weight excluding hydrogens is 398 g/mol. The van der Waals surface area contributed by atoms with Crippen LogP contribution in [0, 0.1) is 6.92 Å². The predicted molar refractivity (Wildman–Crippen MR) is 107 cm³/mol. The largest absolute Gasteiger partial charge is 0.496 e. The summed E-state index contributed by atoms with van der Waals surface area (Å²) in [7, 11) is -2.05. The number of aliphatic carboxylic acids is 1. The van der Waals surface area contributed by atoms with Crippen molar-refractivity contribution >= 4 is 16.2 Å². The van der Waals surface area contributed by atoms with Gasteiger partial charge in [0.1, 0.15) is 11.8 Å². The van der Waals surface area contributed by atoms with Crippen LogP contribution in [0.3, 0.4) is 0 Å². The van der Waals surface area contributed by atoms with Crippen molar-refractivity contribution in [2.24, 2.45) is 0 Å². The lowest BCUT2D eigenvalue weighted by atomic mass is 10.0. The number of benzene rings is 1. The molecule has 0 radical (unpaired) electrons. The van der Waals surface area contributed by atoms with Crippen LogP contribution in [0.1, 0.15) is 23.6 Å². The van der Waals surface area contributed by atoms with Crippen LogP contribution in [-0.2, 0) is 19.7 Å². The first-order chi connectivity index (χ1) is 13.8. The van der Waals surface area contributed by atoms with Gasteiger partial charge in [-0.3, -0.25) is 9.69 Å². The maximum absolute atomic E-state index is 13.0. The molecule has 162 valence electrons. The Kier molecular flexibility index (Phi) is 7.12. The summed E-state index contributed by atoms with van der Waals surface area (Å²) in [6.45, 7) is 4.83. The Balaban J connectivity index is 1.79. The molecule has 3 rings (SSSR count). The Morgan fingerprint density at radius 3 is 2.45 bits per heavy atom. The Labute approximate surface area is 172 Å². The predicted octanol–water partition coefficient (Wildman–Crippen LogP) is 0.714. The van der Waals surface area contributed by atoms with Crippen molar-refractivity contribution in [2.45, 2.75) is 19.4 Å². The van der Waals surface area contributed by atoms with Crippen molar-refractivity contribution in [3.05, 3.63) is 29.3 Å². The molecule has 0 spiro atoms. The first kappa shape index (κ1) is 22.0. The maximum atomic E-state index is 13.0. The molecule has 0 aromatic heterocycles. The number of nitrogens with zero attached hydrogens (tertiary/aromatic N) is 3. The number of ether oxygens (including phenoxy) is 2. The fourth-order valence-corrected chi connectivity index (χ4v) is 5.51. The first-order valence-corrected chi connectivity index (χ1v) is 11.2. The van der Waals surface area contributed by atoms with Crippen LogP contribution in [0.4, 0.5) is 0 Å². The van der Waals surface area contributed by atoms with Gasteiger partial charge >= 0.3 is 5.97 Å². The van der Waals surface area contributed by atoms with Crippen molar-refractivity contribution in [1.82, 2.24) is 13.5 Å². The molecule has 1 N–H and O–H groups in total. The molecule has 0 bridgehead atoms. The van der Waals surface area contributed by atoms with E-state index < -0.39 is 22.2 Å². The summed E-state index contributed by atoms with van der Waals surface area (Å²) in [5, 5.41) is 9.96. The third-order valence-corrected chi connectivity index (χ3v) is 7.43. The molecule has 0 amide bonds. The third-order valence-electron chi connectivity index (χ3n) is 5.39. The van der Waals surface area contributed by atoms with Gasteiger partial charge in [-0.25, -0.2) is 0 Å². The standard InChI is InChI=1S/C19H29N3O6S/c1-15-4-5-17(27-2)16(14-15)18(19(23)24)20-6-3-7-21(9-8-20)29(25,26)22-10-12-28-13-11-22/h4-5,14,18H,3,6-13H2,1-2H3,(H,23,24). The molecule has 2 heterocycles. The van der Waals surface area contributed by atoms with E-state index in [1.54, 1.807) is 6.07 Å². The fraction of sp³-hybridized carbons (Fsp3) is 0.632. The van der Waals surface area contributed by atoms with Gasteiger partial charge in [-0.05, 0) is 19.4 Å². The smallest absolute Gasteiger partial charge is 0.325 e. The lowest BCUT2D eigenvalue weighted by molar-refractivity contribution is -0.143. The van der Waals surface area contributed by atoms with E-state index in [1.165, 1.54) is 15.7 Å². The van der Waals surface area contributed by atoms with Crippen molar-refractivity contribution in [3.8, 4) is 5.75 Å². The van der Waals surface area contributed by atoms with Crippen molar-refractivity contribution in [2.75, 3.05) is 59.6 Å². The van der Waals surface area contributed by atoms with Gasteiger partial charge in [-0.2, -0.15) is 17.0 Å². The molecule has 0 saturated carbocycles. The van der Waals surface area contributed by atoms with Crippen LogP contribution in [0.2, 0.25) is 0 Å². The second-order valence-corrected chi connectivity index (χ2v) is 9.22. The van der Waals surface area contributed by atoms with Gasteiger partial charge in [0.2, 0.25) is 0 Å². The van der Waals surface area contributed by atoms with E-state index in [4.69, 9.17) is 9.47 Å². The van der Waals surface area contributed by atoms with Crippen LogP contribution < -0.4 is 4.74 Å². The highest BCUT2D eigenvalue weighted by atomic mass is 32.2. The number of carboxylic acids is 1. The molecule has 2 saturated heterocycles. The van der Waals surface area contributed by atoms with E-state index in [0.717, 1.165) is 5.56 Å². The fourth-order valence-electron chi connectivity index (χ4n) is 3.90. The minimum absolute atomic E-state index is 0.248. The number of methoxy groups -OCH3 is 1. The van der Waals surface area contributed by atoms with Crippen molar-refractivity contribution < 1.29 is 27.8 Å². The van der Waals surface area contributed by atoms with E-state index in [0.29, 0.717) is 63.7 Å². The Bertz CT molecular complexity index is 825. The molecular formula is C19H29N3O6S. The average molecular weight is 428 g/mol. The molecule has 10 heteroatoms. The summed E-state index contributed by atoms with van der Waals surface area (Å²) in [5.41, 5.74) is 1.53. The quantitative estimate of drug-likeness (QED) is 0.714. The van der Waals surface area contributed by atoms with Gasteiger partial charge in [-0.1, -0.05) is 17.7 Å². The summed E-state index contributed by atoms with van der Waals surface area (Å²) < 4.78 is 39.5. The molecule has 2 aliphatic rings. The molecule has 1 atom stereocenters. The molecule has 1 aromatic rings. The zero-order chi connectivity index (χ0) is 21.0. The highest BCUT2D eigenvalue weighted by Gasteiger charge is 2.36. The number of hydrogen-bond donors (Lipinski definition) is 1. The topological polar surface area (TPSA) is 99.6 Å². The third kappa shape index (κ3) is 4.89. The first-order valence-electron chi connectivity index (χ1n) is 9.79. The number of carbonyl (C=O) groups is 1. The minimum atomic E-state index is -3.57. The van der Waals surface area contributed by atoms with E-state index in [2.05, 4.69) is 0 Å². The van der Waals surface area contributed by atoms with E-state index in [-0.39, 0.29) is 6.54 Å². The van der Waals surface area contributed by atoms with E-state index in [1.807, 2.05) is 24.0 Å². The van der Waals surface area contributed by atoms with Gasteiger partial charge in [0.05, 0.1) is 20.3 Å². The molecule has 2 fully saturated rings. The highest BCUT2D eigenvalue weighted by Crippen LogP contribution is 2.31. The number of hydrogen-bond acceptors (Lipinski definition) is 6. The van der Waals surface area contributed by atoms with Crippen LogP contribution in [-0.4, -0.2) is 92.6 Å². The summed E-state index contributed by atoms with van der Waals surface area (Å²) in [5.74, 6) is -0.455. The lowest BCUT2D eigenvalue weighted by Gasteiger charge is -2.32. The van der Waals surface area contributed by atoms with Gasteiger partial charge in [0.25, 0.3) is 10.2 Å². The van der Waals surface area contributed by atoms with Crippen LogP contribution in [0.15, 0.2) is 18.2 Å². The number of carboxylic acid groups (broad SMARTS) is 1. The van der Waals surface area contributed by atoms with Crippen molar-refractivity contribution in [3.63, 3.8) is 0 Å². The van der Waals surface area contributed by atoms with Gasteiger partial charge in [0.15, 0.2) is 0 Å². The number of aryl methyl sites for hydroxylation is 1. The van der Waals surface area contributed by atoms with Gasteiger partial charge in [-0.15, -0.1) is 0 Å². The Morgan fingerprint density at radius 1 is 1.10 bits per heavy atom. The zero-order valence-electron chi connectivity index (χ0n) is 16.9. The monoisotopic (exact) mass is 427 g/mol. The number of morpholine rings is 1. The Morgan fingerprint density at radius 2 is 1.79 bits per heavy atom. The molecule has 9 nitrogen and oxygen atoms in total. The average Bonchev–Trinajstić information content (AvgIpc) is 2.95. The zero-order valence-corrected chi connectivity index (χ0v) is 17.7. The van der Waals surface area contributed by atoms with Crippen LogP contribution in [0.25, 0.3) is 0 Å². The summed E-state index contributed by atoms with van der Waals surface area (Å²) in [6, 6.07) is 4.58. The molecule has 2 aliphatic heterocycles. The van der Waals surface area contributed by atoms with Gasteiger partial charge in [0, 0.05) is 44.8 Å². The van der Waals surface area contributed by atoms with E-state index >= 15 is 0 Å². The normalized spacial score (nSPS) is 21.4. The Hall–Kier alpha value is -1.72. The molecule has 0 aliphatic carbocycles. The van der Waals surface area contributed by atoms with Crippen LogP contribution >= 0.6 is 0 Å². The minimum Gasteiger partial charge on any atom is -0.496 e. The SMILES string of the molecule is COc1ccc(C)cc1C(C(=O)O)N1CCCN(S(=O)(=O)N2CCOCC2)CC1. The highest BCUT2D eigenvalue weighted by molar-refractivity contribution is 7.86. The summed E-state index contributed by atoms with van der Waals surface area (Å²) >= 11 is 0. The second kappa shape index (κ2) is 9.40. The molecule has 29 heavy (non-hydrogen) atoms.